The Morgan fingerprint density at radius 2 is 1.58 bits per heavy atom. The molecule has 19 heavy (non-hydrogen) atoms. The Balaban J connectivity index is 0.000000902. The van der Waals surface area contributed by atoms with Gasteiger partial charge in [-0.25, -0.2) is 0 Å². The van der Waals surface area contributed by atoms with E-state index in [0.29, 0.717) is 0 Å². The molecule has 1 aliphatic rings. The maximum absolute atomic E-state index is 2.35. The topological polar surface area (TPSA) is 0 Å². The van der Waals surface area contributed by atoms with Crippen molar-refractivity contribution in [3.05, 3.63) is 65.2 Å². The van der Waals surface area contributed by atoms with Crippen molar-refractivity contribution in [1.82, 2.24) is 0 Å². The molecule has 2 aromatic carbocycles. The zero-order chi connectivity index (χ0) is 11.8. The van der Waals surface area contributed by atoms with E-state index < -0.39 is 0 Å². The molecule has 0 radical (unpaired) electrons. The van der Waals surface area contributed by atoms with E-state index in [1.807, 2.05) is 0 Å². The first-order valence-corrected chi connectivity index (χ1v) is 7.92. The van der Waals surface area contributed by atoms with Gasteiger partial charge in [0, 0.05) is 0 Å². The molecular formula is C16H13Cl2Hf. The molecule has 95 valence electrons. The largest absolute Gasteiger partial charge is 1.00 e. The van der Waals surface area contributed by atoms with Crippen molar-refractivity contribution in [3.63, 3.8) is 0 Å². The van der Waals surface area contributed by atoms with Crippen LogP contribution in [0.25, 0.3) is 17.2 Å². The fourth-order valence-corrected chi connectivity index (χ4v) is 3.59. The molecule has 0 bridgehead atoms. The number of hydrogen-bond donors (Lipinski definition) is 0. The summed E-state index contributed by atoms with van der Waals surface area (Å²) in [5, 5.41) is 0. The van der Waals surface area contributed by atoms with Crippen molar-refractivity contribution in [2.24, 2.45) is 0 Å². The Morgan fingerprint density at radius 1 is 0.895 bits per heavy atom. The molecule has 0 saturated carbocycles. The Hall–Kier alpha value is -0.370. The second-order valence-electron chi connectivity index (χ2n) is 4.53. The standard InChI is InChI=1S/C16H13.2ClH.Hf/c1-12-9-14-7-8-15(11-16(14)10-12)13-5-3-2-4-6-13;;;/h2-11H,1H3;2*1H;/q;;;+2/p-2. The Labute approximate surface area is 141 Å². The normalized spacial score (nSPS) is 15.9. The second kappa shape index (κ2) is 6.88. The molecule has 0 aliphatic heterocycles. The number of halogens is 2. The molecule has 0 amide bonds. The van der Waals surface area contributed by atoms with Crippen LogP contribution in [0.2, 0.25) is 0 Å². The van der Waals surface area contributed by atoms with Gasteiger partial charge in [0.1, 0.15) is 0 Å². The number of allylic oxidation sites excluding steroid dienone is 1. The third kappa shape index (κ3) is 3.21. The molecule has 1 unspecified atom stereocenters. The number of fused-ring (bicyclic) bond motifs is 1. The van der Waals surface area contributed by atoms with Gasteiger partial charge in [-0.05, 0) is 0 Å². The van der Waals surface area contributed by atoms with Crippen molar-refractivity contribution in [2.45, 2.75) is 10.6 Å². The predicted octanol–water partition coefficient (Wildman–Crippen LogP) is -1.63. The van der Waals surface area contributed by atoms with E-state index in [-0.39, 0.29) is 24.8 Å². The zero-order valence-electron chi connectivity index (χ0n) is 10.5. The monoisotopic (exact) mass is 455 g/mol. The molecule has 1 aliphatic carbocycles. The predicted molar refractivity (Wildman–Crippen MR) is 68.3 cm³/mol. The Morgan fingerprint density at radius 3 is 2.26 bits per heavy atom. The van der Waals surface area contributed by atoms with Crippen LogP contribution >= 0.6 is 0 Å². The molecule has 3 rings (SSSR count). The van der Waals surface area contributed by atoms with Gasteiger partial charge in [0.25, 0.3) is 0 Å². The van der Waals surface area contributed by atoms with Gasteiger partial charge in [0.15, 0.2) is 0 Å². The minimum atomic E-state index is 0. The number of hydrogen-bond acceptors (Lipinski definition) is 0. The first-order chi connectivity index (χ1) is 8.25. The van der Waals surface area contributed by atoms with E-state index in [9.17, 15) is 0 Å². The van der Waals surface area contributed by atoms with Crippen LogP contribution in [0.3, 0.4) is 0 Å². The van der Waals surface area contributed by atoms with Gasteiger partial charge >= 0.3 is 117 Å². The Bertz CT molecular complexity index is 591. The summed E-state index contributed by atoms with van der Waals surface area (Å²) in [6.07, 6.45) is 2.35. The smallest absolute Gasteiger partial charge is 1.00 e. The van der Waals surface area contributed by atoms with E-state index in [0.717, 1.165) is 3.67 Å². The third-order valence-electron chi connectivity index (χ3n) is 3.34. The summed E-state index contributed by atoms with van der Waals surface area (Å²) in [4.78, 5) is 0. The minimum absolute atomic E-state index is 0. The van der Waals surface area contributed by atoms with Crippen molar-refractivity contribution >= 4 is 6.08 Å². The first kappa shape index (κ1) is 16.7. The van der Waals surface area contributed by atoms with Crippen molar-refractivity contribution in [1.29, 1.82) is 0 Å². The summed E-state index contributed by atoms with van der Waals surface area (Å²) in [5.74, 6) is 0. The van der Waals surface area contributed by atoms with E-state index in [1.54, 1.807) is 0 Å². The SMILES string of the molecule is CC1=Cc2cc(-c3ccccc3)ccc2[CH]1[Hf+2].[Cl-].[Cl-]. The quantitative estimate of drug-likeness (QED) is 0.454. The van der Waals surface area contributed by atoms with Crippen LogP contribution in [0.4, 0.5) is 0 Å². The van der Waals surface area contributed by atoms with Crippen LogP contribution in [0.15, 0.2) is 54.1 Å². The summed E-state index contributed by atoms with van der Waals surface area (Å²) >= 11 is 1.21. The summed E-state index contributed by atoms with van der Waals surface area (Å²) < 4.78 is 0.717. The van der Waals surface area contributed by atoms with Gasteiger partial charge in [0.05, 0.1) is 0 Å². The van der Waals surface area contributed by atoms with Gasteiger partial charge in [-0.1, -0.05) is 0 Å². The maximum Gasteiger partial charge on any atom is -1.00 e. The number of benzene rings is 2. The zero-order valence-corrected chi connectivity index (χ0v) is 15.6. The average molecular weight is 455 g/mol. The van der Waals surface area contributed by atoms with Crippen LogP contribution in [0.5, 0.6) is 0 Å². The van der Waals surface area contributed by atoms with E-state index in [1.165, 1.54) is 52.2 Å². The van der Waals surface area contributed by atoms with Crippen LogP contribution in [0.1, 0.15) is 21.7 Å². The molecule has 2 aromatic rings. The molecule has 0 heterocycles. The van der Waals surface area contributed by atoms with Gasteiger partial charge in [-0.15, -0.1) is 0 Å². The van der Waals surface area contributed by atoms with E-state index in [2.05, 4.69) is 61.5 Å². The van der Waals surface area contributed by atoms with Crippen molar-refractivity contribution in [2.75, 3.05) is 0 Å². The molecule has 1 atom stereocenters. The molecule has 3 heteroatoms. The van der Waals surface area contributed by atoms with E-state index in [4.69, 9.17) is 0 Å². The van der Waals surface area contributed by atoms with Gasteiger partial charge in [-0.2, -0.15) is 0 Å². The fraction of sp³-hybridized carbons (Fsp3) is 0.125. The molecular weight excluding hydrogens is 442 g/mol. The molecule has 0 aromatic heterocycles. The molecule has 0 N–H and O–H groups in total. The summed E-state index contributed by atoms with van der Waals surface area (Å²) in [6.45, 7) is 2.25. The molecule has 0 spiro atoms. The van der Waals surface area contributed by atoms with Crippen molar-refractivity contribution in [3.8, 4) is 11.1 Å². The average Bonchev–Trinajstić information content (AvgIpc) is 2.66. The summed E-state index contributed by atoms with van der Waals surface area (Å²) in [7, 11) is 0. The fourth-order valence-electron chi connectivity index (χ4n) is 2.35. The second-order valence-corrected chi connectivity index (χ2v) is 6.61. The first-order valence-electron chi connectivity index (χ1n) is 5.84. The van der Waals surface area contributed by atoms with Gasteiger partial charge < -0.3 is 24.8 Å². The van der Waals surface area contributed by atoms with Crippen LogP contribution in [-0.2, 0) is 24.4 Å². The third-order valence-corrected chi connectivity index (χ3v) is 6.10. The van der Waals surface area contributed by atoms with Crippen LogP contribution in [0, 0.1) is 0 Å². The van der Waals surface area contributed by atoms with E-state index >= 15 is 0 Å². The van der Waals surface area contributed by atoms with Gasteiger partial charge in [0.2, 0.25) is 0 Å². The summed E-state index contributed by atoms with van der Waals surface area (Å²) in [6, 6.07) is 17.5. The maximum atomic E-state index is 2.35. The molecule has 0 saturated heterocycles. The van der Waals surface area contributed by atoms with Crippen molar-refractivity contribution < 1.29 is 49.2 Å². The molecule has 0 nitrogen and oxygen atoms in total. The van der Waals surface area contributed by atoms with Gasteiger partial charge in [-0.3, -0.25) is 0 Å². The van der Waals surface area contributed by atoms with Crippen LogP contribution in [-0.4, -0.2) is 0 Å². The minimum Gasteiger partial charge on any atom is -1.00 e. The summed E-state index contributed by atoms with van der Waals surface area (Å²) in [5.41, 5.74) is 7.09. The Kier molecular flexibility index (Phi) is 6.04. The number of rotatable bonds is 1. The molecule has 0 fully saturated rings. The van der Waals surface area contributed by atoms with Crippen LogP contribution < -0.4 is 24.8 Å².